The van der Waals surface area contributed by atoms with Gasteiger partial charge in [0.15, 0.2) is 11.6 Å². The van der Waals surface area contributed by atoms with Crippen LogP contribution in [0.15, 0.2) is 41.3 Å². The van der Waals surface area contributed by atoms with Gasteiger partial charge in [0.1, 0.15) is 5.76 Å². The van der Waals surface area contributed by atoms with Gasteiger partial charge in [0.25, 0.3) is 10.1 Å². The molecule has 90 valence electrons. The molecule has 0 fully saturated rings. The van der Waals surface area contributed by atoms with Gasteiger partial charge < -0.3 is 4.42 Å². The van der Waals surface area contributed by atoms with Crippen molar-refractivity contribution in [2.45, 2.75) is 5.25 Å². The zero-order valence-electron chi connectivity index (χ0n) is 8.45. The molecule has 0 saturated heterocycles. The zero-order chi connectivity index (χ0) is 12.5. The van der Waals surface area contributed by atoms with Crippen molar-refractivity contribution < 1.29 is 17.4 Å². The van der Waals surface area contributed by atoms with E-state index in [0.29, 0.717) is 10.6 Å². The number of hydrogen-bond acceptors (Lipinski definition) is 4. The summed E-state index contributed by atoms with van der Waals surface area (Å²) in [6.45, 7) is 0. The van der Waals surface area contributed by atoms with E-state index >= 15 is 0 Å². The molecule has 0 spiro atoms. The highest BCUT2D eigenvalue weighted by molar-refractivity contribution is 7.86. The molecule has 0 radical (unpaired) electrons. The van der Waals surface area contributed by atoms with Crippen LogP contribution in [0.25, 0.3) is 0 Å². The number of halogens is 1. The van der Waals surface area contributed by atoms with E-state index in [0.717, 1.165) is 6.39 Å². The molecule has 2 rings (SSSR count). The summed E-state index contributed by atoms with van der Waals surface area (Å²) in [6, 6.07) is 6.17. The maximum absolute atomic E-state index is 11.4. The lowest BCUT2D eigenvalue weighted by Gasteiger charge is -2.11. The van der Waals surface area contributed by atoms with Gasteiger partial charge in [-0.05, 0) is 17.7 Å². The van der Waals surface area contributed by atoms with E-state index in [1.807, 2.05) is 0 Å². The molecule has 7 heteroatoms. The summed E-state index contributed by atoms with van der Waals surface area (Å²) >= 11 is 5.78. The normalized spacial score (nSPS) is 13.5. The number of rotatable bonds is 3. The molecule has 0 aliphatic carbocycles. The first-order valence-electron chi connectivity index (χ1n) is 4.58. The number of oxazole rings is 1. The Balaban J connectivity index is 2.57. The van der Waals surface area contributed by atoms with Crippen LogP contribution in [0.5, 0.6) is 0 Å². The molecule has 0 bridgehead atoms. The Labute approximate surface area is 103 Å². The van der Waals surface area contributed by atoms with E-state index in [-0.39, 0.29) is 5.76 Å². The second-order valence-corrected chi connectivity index (χ2v) is 5.29. The van der Waals surface area contributed by atoms with Crippen LogP contribution in [-0.2, 0) is 10.1 Å². The lowest BCUT2D eigenvalue weighted by Crippen LogP contribution is -2.13. The van der Waals surface area contributed by atoms with E-state index in [1.165, 1.54) is 18.3 Å². The minimum Gasteiger partial charge on any atom is -0.447 e. The largest absolute Gasteiger partial charge is 0.447 e. The number of hydrogen-bond donors (Lipinski definition) is 1. The van der Waals surface area contributed by atoms with Gasteiger partial charge in [-0.3, -0.25) is 4.55 Å². The number of nitrogens with zero attached hydrogens (tertiary/aromatic N) is 1. The Hall–Kier alpha value is -1.37. The Kier molecular flexibility index (Phi) is 3.19. The molecule has 1 aromatic carbocycles. The van der Waals surface area contributed by atoms with Crippen LogP contribution < -0.4 is 0 Å². The fraction of sp³-hybridized carbons (Fsp3) is 0.100. The first kappa shape index (κ1) is 12.1. The van der Waals surface area contributed by atoms with Gasteiger partial charge >= 0.3 is 0 Å². The molecule has 1 atom stereocenters. The van der Waals surface area contributed by atoms with Crippen LogP contribution in [0.3, 0.4) is 0 Å². The van der Waals surface area contributed by atoms with E-state index in [4.69, 9.17) is 16.0 Å². The van der Waals surface area contributed by atoms with Crippen molar-refractivity contribution in [3.05, 3.63) is 53.2 Å². The molecule has 1 aromatic heterocycles. The molecule has 1 unspecified atom stereocenters. The third-order valence-electron chi connectivity index (χ3n) is 2.16. The number of benzene rings is 1. The van der Waals surface area contributed by atoms with Gasteiger partial charge in [0, 0.05) is 5.02 Å². The third kappa shape index (κ3) is 2.66. The SMILES string of the molecule is O=S(=O)(O)C(c1cccc(Cl)c1)c1cnco1. The smallest absolute Gasteiger partial charge is 0.279 e. The second kappa shape index (κ2) is 4.48. The summed E-state index contributed by atoms with van der Waals surface area (Å²) in [7, 11) is -4.35. The van der Waals surface area contributed by atoms with Crippen LogP contribution >= 0.6 is 11.6 Å². The monoisotopic (exact) mass is 273 g/mol. The molecule has 0 saturated carbocycles. The predicted molar refractivity (Wildman–Crippen MR) is 61.3 cm³/mol. The quantitative estimate of drug-likeness (QED) is 0.868. The standard InChI is InChI=1S/C10H8ClNO4S/c11-8-3-1-2-7(4-8)10(17(13,14)15)9-5-12-6-16-9/h1-6,10H,(H,13,14,15). The summed E-state index contributed by atoms with van der Waals surface area (Å²) in [5.74, 6) is 0.0368. The summed E-state index contributed by atoms with van der Waals surface area (Å²) < 4.78 is 36.9. The van der Waals surface area contributed by atoms with Gasteiger partial charge in [-0.15, -0.1) is 0 Å². The van der Waals surface area contributed by atoms with Crippen LogP contribution in [-0.4, -0.2) is 18.0 Å². The van der Waals surface area contributed by atoms with Crippen molar-refractivity contribution in [2.24, 2.45) is 0 Å². The lowest BCUT2D eigenvalue weighted by molar-refractivity contribution is 0.452. The van der Waals surface area contributed by atoms with E-state index in [1.54, 1.807) is 12.1 Å². The van der Waals surface area contributed by atoms with Crippen LogP contribution in [0.1, 0.15) is 16.6 Å². The Morgan fingerprint density at radius 3 is 2.71 bits per heavy atom. The molecule has 0 amide bonds. The van der Waals surface area contributed by atoms with Crippen molar-refractivity contribution in [3.63, 3.8) is 0 Å². The molecule has 1 N–H and O–H groups in total. The average molecular weight is 274 g/mol. The molecule has 1 heterocycles. The summed E-state index contributed by atoms with van der Waals surface area (Å²) in [6.07, 6.45) is 2.33. The Bertz CT molecular complexity index is 609. The molecule has 2 aromatic rings. The van der Waals surface area contributed by atoms with Crippen molar-refractivity contribution >= 4 is 21.7 Å². The number of aromatic nitrogens is 1. The lowest BCUT2D eigenvalue weighted by atomic mass is 10.1. The maximum Gasteiger partial charge on any atom is 0.279 e. The van der Waals surface area contributed by atoms with Crippen molar-refractivity contribution in [1.29, 1.82) is 0 Å². The van der Waals surface area contributed by atoms with E-state index < -0.39 is 15.4 Å². The van der Waals surface area contributed by atoms with Gasteiger partial charge in [-0.1, -0.05) is 23.7 Å². The first-order chi connectivity index (χ1) is 7.98. The topological polar surface area (TPSA) is 80.4 Å². The summed E-state index contributed by atoms with van der Waals surface area (Å²) in [5, 5.41) is -0.945. The summed E-state index contributed by atoms with van der Waals surface area (Å²) in [5.41, 5.74) is 0.316. The van der Waals surface area contributed by atoms with Gasteiger partial charge in [-0.2, -0.15) is 8.42 Å². The Morgan fingerprint density at radius 2 is 2.18 bits per heavy atom. The first-order valence-corrected chi connectivity index (χ1v) is 6.47. The summed E-state index contributed by atoms with van der Waals surface area (Å²) in [4.78, 5) is 3.63. The molecule has 0 aliphatic heterocycles. The van der Waals surface area contributed by atoms with E-state index in [9.17, 15) is 13.0 Å². The van der Waals surface area contributed by atoms with Crippen molar-refractivity contribution in [2.75, 3.05) is 0 Å². The van der Waals surface area contributed by atoms with Gasteiger partial charge in [0.05, 0.1) is 6.20 Å². The fourth-order valence-corrected chi connectivity index (χ4v) is 2.61. The predicted octanol–water partition coefficient (Wildman–Crippen LogP) is 2.31. The highest BCUT2D eigenvalue weighted by atomic mass is 35.5. The Morgan fingerprint density at radius 1 is 1.41 bits per heavy atom. The molecule has 5 nitrogen and oxygen atoms in total. The van der Waals surface area contributed by atoms with Crippen LogP contribution in [0.4, 0.5) is 0 Å². The minimum atomic E-state index is -4.35. The van der Waals surface area contributed by atoms with Gasteiger partial charge in [-0.25, -0.2) is 4.98 Å². The average Bonchev–Trinajstić information content (AvgIpc) is 2.69. The van der Waals surface area contributed by atoms with E-state index in [2.05, 4.69) is 4.98 Å². The third-order valence-corrected chi connectivity index (χ3v) is 3.49. The highest BCUT2D eigenvalue weighted by Gasteiger charge is 2.30. The van der Waals surface area contributed by atoms with Crippen molar-refractivity contribution in [1.82, 2.24) is 4.98 Å². The molecular formula is C10H8ClNO4S. The molecule has 0 aliphatic rings. The van der Waals surface area contributed by atoms with Gasteiger partial charge in [0.2, 0.25) is 0 Å². The van der Waals surface area contributed by atoms with Crippen LogP contribution in [0, 0.1) is 0 Å². The minimum absolute atomic E-state index is 0.0368. The zero-order valence-corrected chi connectivity index (χ0v) is 10.0. The second-order valence-electron chi connectivity index (χ2n) is 3.35. The highest BCUT2D eigenvalue weighted by Crippen LogP contribution is 2.30. The fourth-order valence-electron chi connectivity index (χ4n) is 1.51. The molecular weight excluding hydrogens is 266 g/mol. The van der Waals surface area contributed by atoms with Crippen LogP contribution in [0.2, 0.25) is 5.02 Å². The maximum atomic E-state index is 11.4. The van der Waals surface area contributed by atoms with Crippen molar-refractivity contribution in [3.8, 4) is 0 Å². The molecule has 17 heavy (non-hydrogen) atoms.